The van der Waals surface area contributed by atoms with Crippen molar-refractivity contribution in [1.29, 1.82) is 0 Å². The molecule has 2 nitrogen and oxygen atoms in total. The Bertz CT molecular complexity index is 246. The van der Waals surface area contributed by atoms with E-state index in [1.165, 1.54) is 18.4 Å². The van der Waals surface area contributed by atoms with Gasteiger partial charge in [0.15, 0.2) is 0 Å². The number of hydrogen-bond acceptors (Lipinski definition) is 2. The van der Waals surface area contributed by atoms with Gasteiger partial charge < -0.3 is 11.1 Å². The summed E-state index contributed by atoms with van der Waals surface area (Å²) in [5.41, 5.74) is 7.87. The van der Waals surface area contributed by atoms with Gasteiger partial charge in [-0.3, -0.25) is 0 Å². The number of unbranched alkanes of at least 4 members (excludes halogenated alkanes) is 1. The first kappa shape index (κ1) is 10.1. The van der Waals surface area contributed by atoms with Gasteiger partial charge in [-0.1, -0.05) is 31.5 Å². The van der Waals surface area contributed by atoms with Crippen molar-refractivity contribution in [2.75, 3.05) is 12.3 Å². The number of benzene rings is 1. The SMILES string of the molecule is CCCCNCc1ccccc1N. The minimum Gasteiger partial charge on any atom is -0.398 e. The second kappa shape index (κ2) is 5.60. The van der Waals surface area contributed by atoms with Crippen LogP contribution >= 0.6 is 0 Å². The van der Waals surface area contributed by atoms with Crippen molar-refractivity contribution in [2.24, 2.45) is 0 Å². The highest BCUT2D eigenvalue weighted by atomic mass is 14.8. The molecule has 0 heterocycles. The van der Waals surface area contributed by atoms with Gasteiger partial charge in [-0.15, -0.1) is 0 Å². The average Bonchev–Trinajstić information content (AvgIpc) is 2.15. The second-order valence-corrected chi connectivity index (χ2v) is 3.23. The molecule has 0 aliphatic rings. The van der Waals surface area contributed by atoms with Crippen molar-refractivity contribution in [3.05, 3.63) is 29.8 Å². The summed E-state index contributed by atoms with van der Waals surface area (Å²) in [6.07, 6.45) is 2.46. The smallest absolute Gasteiger partial charge is 0.0359 e. The fourth-order valence-corrected chi connectivity index (χ4v) is 1.22. The van der Waals surface area contributed by atoms with E-state index < -0.39 is 0 Å². The Labute approximate surface area is 80.1 Å². The molecule has 1 rings (SSSR count). The van der Waals surface area contributed by atoms with E-state index in [1.54, 1.807) is 0 Å². The normalized spacial score (nSPS) is 10.2. The minimum absolute atomic E-state index is 0.881. The van der Waals surface area contributed by atoms with Gasteiger partial charge in [0.25, 0.3) is 0 Å². The van der Waals surface area contributed by atoms with Crippen molar-refractivity contribution >= 4 is 5.69 Å². The van der Waals surface area contributed by atoms with Crippen LogP contribution in [0.4, 0.5) is 5.69 Å². The van der Waals surface area contributed by atoms with Gasteiger partial charge in [0.05, 0.1) is 0 Å². The van der Waals surface area contributed by atoms with Crippen molar-refractivity contribution < 1.29 is 0 Å². The Kier molecular flexibility index (Phi) is 4.33. The lowest BCUT2D eigenvalue weighted by Gasteiger charge is -2.06. The summed E-state index contributed by atoms with van der Waals surface area (Å²) in [5, 5.41) is 3.36. The highest BCUT2D eigenvalue weighted by Gasteiger charge is 1.95. The molecule has 0 bridgehead atoms. The summed E-state index contributed by atoms with van der Waals surface area (Å²) >= 11 is 0. The summed E-state index contributed by atoms with van der Waals surface area (Å²) in [6, 6.07) is 7.99. The molecule has 0 radical (unpaired) electrons. The third kappa shape index (κ3) is 3.47. The molecule has 0 atom stereocenters. The minimum atomic E-state index is 0.881. The van der Waals surface area contributed by atoms with Crippen molar-refractivity contribution in [3.63, 3.8) is 0 Å². The maximum absolute atomic E-state index is 5.80. The standard InChI is InChI=1S/C11H18N2/c1-2-3-8-13-9-10-6-4-5-7-11(10)12/h4-7,13H,2-3,8-9,12H2,1H3. The van der Waals surface area contributed by atoms with E-state index in [0.717, 1.165) is 18.8 Å². The third-order valence-electron chi connectivity index (χ3n) is 2.08. The van der Waals surface area contributed by atoms with Crippen molar-refractivity contribution in [2.45, 2.75) is 26.3 Å². The summed E-state index contributed by atoms with van der Waals surface area (Å²) in [5.74, 6) is 0. The summed E-state index contributed by atoms with van der Waals surface area (Å²) in [7, 11) is 0. The van der Waals surface area contributed by atoms with Gasteiger partial charge in [0.1, 0.15) is 0 Å². The maximum atomic E-state index is 5.80. The Morgan fingerprint density at radius 3 is 2.77 bits per heavy atom. The lowest BCUT2D eigenvalue weighted by Crippen LogP contribution is -2.15. The molecule has 0 aromatic heterocycles. The third-order valence-corrected chi connectivity index (χ3v) is 2.08. The number of anilines is 1. The molecular formula is C11H18N2. The zero-order valence-electron chi connectivity index (χ0n) is 8.22. The lowest BCUT2D eigenvalue weighted by molar-refractivity contribution is 0.642. The van der Waals surface area contributed by atoms with Gasteiger partial charge in [-0.2, -0.15) is 0 Å². The van der Waals surface area contributed by atoms with Crippen LogP contribution in [0.5, 0.6) is 0 Å². The van der Waals surface area contributed by atoms with Crippen LogP contribution in [0.2, 0.25) is 0 Å². The number of nitrogens with two attached hydrogens (primary N) is 1. The van der Waals surface area contributed by atoms with Crippen LogP contribution in [-0.2, 0) is 6.54 Å². The molecule has 2 heteroatoms. The number of nitrogen functional groups attached to an aromatic ring is 1. The van der Waals surface area contributed by atoms with Gasteiger partial charge in [0, 0.05) is 12.2 Å². The van der Waals surface area contributed by atoms with Crippen LogP contribution in [0.1, 0.15) is 25.3 Å². The largest absolute Gasteiger partial charge is 0.398 e. The summed E-state index contributed by atoms with van der Waals surface area (Å²) in [4.78, 5) is 0. The molecule has 0 amide bonds. The van der Waals surface area contributed by atoms with Crippen LogP contribution in [0.25, 0.3) is 0 Å². The maximum Gasteiger partial charge on any atom is 0.0359 e. The lowest BCUT2D eigenvalue weighted by atomic mass is 10.2. The fourth-order valence-electron chi connectivity index (χ4n) is 1.22. The Morgan fingerprint density at radius 1 is 1.31 bits per heavy atom. The predicted molar refractivity (Wildman–Crippen MR) is 57.5 cm³/mol. The van der Waals surface area contributed by atoms with E-state index in [4.69, 9.17) is 5.73 Å². The molecule has 3 N–H and O–H groups in total. The zero-order chi connectivity index (χ0) is 9.52. The molecule has 0 aliphatic heterocycles. The number of rotatable bonds is 5. The monoisotopic (exact) mass is 178 g/mol. The highest BCUT2D eigenvalue weighted by molar-refractivity contribution is 5.46. The molecule has 0 spiro atoms. The van der Waals surface area contributed by atoms with E-state index in [-0.39, 0.29) is 0 Å². The Balaban J connectivity index is 2.32. The molecule has 0 saturated heterocycles. The van der Waals surface area contributed by atoms with E-state index in [9.17, 15) is 0 Å². The molecule has 1 aromatic rings. The first-order valence-electron chi connectivity index (χ1n) is 4.88. The number of hydrogen-bond donors (Lipinski definition) is 2. The van der Waals surface area contributed by atoms with Crippen LogP contribution in [0.15, 0.2) is 24.3 Å². The van der Waals surface area contributed by atoms with Gasteiger partial charge in [0.2, 0.25) is 0 Å². The fraction of sp³-hybridized carbons (Fsp3) is 0.455. The zero-order valence-corrected chi connectivity index (χ0v) is 8.22. The van der Waals surface area contributed by atoms with E-state index in [2.05, 4.69) is 18.3 Å². The second-order valence-electron chi connectivity index (χ2n) is 3.23. The number of para-hydroxylation sites is 1. The van der Waals surface area contributed by atoms with E-state index >= 15 is 0 Å². The van der Waals surface area contributed by atoms with Gasteiger partial charge in [-0.25, -0.2) is 0 Å². The topological polar surface area (TPSA) is 38.0 Å². The van der Waals surface area contributed by atoms with E-state index in [1.807, 2.05) is 18.2 Å². The van der Waals surface area contributed by atoms with Crippen LogP contribution in [0, 0.1) is 0 Å². The molecule has 13 heavy (non-hydrogen) atoms. The van der Waals surface area contributed by atoms with Crippen molar-refractivity contribution in [1.82, 2.24) is 5.32 Å². The van der Waals surface area contributed by atoms with Crippen LogP contribution in [-0.4, -0.2) is 6.54 Å². The van der Waals surface area contributed by atoms with Crippen LogP contribution in [0.3, 0.4) is 0 Å². The molecule has 0 unspecified atom stereocenters. The molecule has 1 aromatic carbocycles. The molecular weight excluding hydrogens is 160 g/mol. The quantitative estimate of drug-likeness (QED) is 0.535. The predicted octanol–water partition coefficient (Wildman–Crippen LogP) is 2.16. The molecule has 0 aliphatic carbocycles. The molecule has 0 saturated carbocycles. The molecule has 0 fully saturated rings. The Morgan fingerprint density at radius 2 is 2.08 bits per heavy atom. The van der Waals surface area contributed by atoms with Crippen molar-refractivity contribution in [3.8, 4) is 0 Å². The van der Waals surface area contributed by atoms with Gasteiger partial charge in [-0.05, 0) is 24.6 Å². The highest BCUT2D eigenvalue weighted by Crippen LogP contribution is 2.09. The summed E-state index contributed by atoms with van der Waals surface area (Å²) in [6.45, 7) is 4.15. The molecule has 72 valence electrons. The first-order valence-corrected chi connectivity index (χ1v) is 4.88. The van der Waals surface area contributed by atoms with Gasteiger partial charge >= 0.3 is 0 Å². The number of nitrogens with one attached hydrogen (secondary N) is 1. The first-order chi connectivity index (χ1) is 6.34. The average molecular weight is 178 g/mol. The Hall–Kier alpha value is -1.02. The van der Waals surface area contributed by atoms with E-state index in [0.29, 0.717) is 0 Å². The van der Waals surface area contributed by atoms with Crippen LogP contribution < -0.4 is 11.1 Å². The summed E-state index contributed by atoms with van der Waals surface area (Å²) < 4.78 is 0.